The first-order chi connectivity index (χ1) is 16.8. The van der Waals surface area contributed by atoms with Crippen LogP contribution < -0.4 is 11.1 Å². The third-order valence-electron chi connectivity index (χ3n) is 7.41. The first kappa shape index (κ1) is 21.7. The Morgan fingerprint density at radius 3 is 2.77 bits per heavy atom. The zero-order valence-electron chi connectivity index (χ0n) is 19.1. The molecule has 5 atom stereocenters. The smallest absolute Gasteiger partial charge is 0.269 e. The molecule has 9 nitrogen and oxygen atoms in total. The van der Waals surface area contributed by atoms with E-state index in [0.717, 1.165) is 6.42 Å². The van der Waals surface area contributed by atoms with Crippen molar-refractivity contribution in [3.63, 3.8) is 0 Å². The quantitative estimate of drug-likeness (QED) is 0.560. The Kier molecular flexibility index (Phi) is 4.87. The van der Waals surface area contributed by atoms with Crippen LogP contribution in [-0.2, 0) is 16.1 Å². The maximum absolute atomic E-state index is 14.1. The lowest BCUT2D eigenvalue weighted by molar-refractivity contribution is -0.140. The van der Waals surface area contributed by atoms with Crippen LogP contribution in [0.3, 0.4) is 0 Å². The molecule has 2 aromatic heterocycles. The Morgan fingerprint density at radius 2 is 2.00 bits per heavy atom. The molecule has 0 spiro atoms. The second-order valence-electron chi connectivity index (χ2n) is 9.81. The van der Waals surface area contributed by atoms with E-state index >= 15 is 0 Å². The summed E-state index contributed by atoms with van der Waals surface area (Å²) in [6, 6.07) is 7.68. The van der Waals surface area contributed by atoms with Crippen molar-refractivity contribution in [3.05, 3.63) is 59.3 Å². The summed E-state index contributed by atoms with van der Waals surface area (Å²) in [5, 5.41) is 7.85. The van der Waals surface area contributed by atoms with Gasteiger partial charge in [-0.1, -0.05) is 18.2 Å². The van der Waals surface area contributed by atoms with Crippen molar-refractivity contribution < 1.29 is 18.8 Å². The van der Waals surface area contributed by atoms with Gasteiger partial charge in [0.2, 0.25) is 11.8 Å². The zero-order chi connectivity index (χ0) is 24.4. The van der Waals surface area contributed by atoms with Gasteiger partial charge in [0.25, 0.3) is 5.91 Å². The number of nitrogens with one attached hydrogen (secondary N) is 1. The van der Waals surface area contributed by atoms with Crippen molar-refractivity contribution in [2.75, 3.05) is 0 Å². The van der Waals surface area contributed by atoms with Gasteiger partial charge in [-0.15, -0.1) is 0 Å². The largest absolute Gasteiger partial charge is 0.364 e. The van der Waals surface area contributed by atoms with Crippen molar-refractivity contribution in [1.29, 1.82) is 0 Å². The Balaban J connectivity index is 1.18. The number of primary amides is 1. The topological polar surface area (TPSA) is 123 Å². The molecule has 3 amide bonds. The number of pyridine rings is 1. The number of piperidine rings is 1. The fraction of sp³-hybridized carbons (Fsp3) is 0.400. The van der Waals surface area contributed by atoms with Gasteiger partial charge in [0.15, 0.2) is 5.69 Å². The minimum absolute atomic E-state index is 0.0395. The highest BCUT2D eigenvalue weighted by Gasteiger charge is 2.56. The van der Waals surface area contributed by atoms with Crippen molar-refractivity contribution >= 4 is 28.6 Å². The van der Waals surface area contributed by atoms with E-state index < -0.39 is 11.9 Å². The van der Waals surface area contributed by atoms with Crippen LogP contribution in [0.1, 0.15) is 46.9 Å². The van der Waals surface area contributed by atoms with Crippen LogP contribution in [0.2, 0.25) is 0 Å². The highest BCUT2D eigenvalue weighted by molar-refractivity contribution is 6.04. The summed E-state index contributed by atoms with van der Waals surface area (Å²) in [4.78, 5) is 44.4. The van der Waals surface area contributed by atoms with Crippen LogP contribution >= 0.6 is 0 Å². The molecule has 3 N–H and O–H groups in total. The van der Waals surface area contributed by atoms with E-state index in [1.807, 2.05) is 0 Å². The lowest BCUT2D eigenvalue weighted by atomic mass is 10.1. The number of nitrogens with two attached hydrogens (primary N) is 1. The number of likely N-dealkylation sites (tertiary alicyclic amines) is 1. The van der Waals surface area contributed by atoms with Crippen molar-refractivity contribution in [1.82, 2.24) is 25.0 Å². The van der Waals surface area contributed by atoms with E-state index in [2.05, 4.69) is 15.4 Å². The van der Waals surface area contributed by atoms with Gasteiger partial charge in [-0.2, -0.15) is 5.10 Å². The summed E-state index contributed by atoms with van der Waals surface area (Å²) < 4.78 is 15.5. The van der Waals surface area contributed by atoms with Crippen molar-refractivity contribution in [3.8, 4) is 0 Å². The number of carbonyl (C=O) groups is 3. The molecule has 1 aliphatic heterocycles. The lowest BCUT2D eigenvalue weighted by Crippen LogP contribution is -2.49. The minimum Gasteiger partial charge on any atom is -0.364 e. The number of aromatic nitrogens is 3. The minimum atomic E-state index is -0.679. The molecule has 180 valence electrons. The Labute approximate surface area is 200 Å². The molecule has 35 heavy (non-hydrogen) atoms. The lowest BCUT2D eigenvalue weighted by Gasteiger charge is -2.27. The zero-order valence-corrected chi connectivity index (χ0v) is 19.1. The average Bonchev–Trinajstić information content (AvgIpc) is 3.69. The van der Waals surface area contributed by atoms with Crippen LogP contribution in [0.15, 0.2) is 36.5 Å². The number of nitrogens with zero attached hydrogens (tertiary/aromatic N) is 4. The molecule has 3 fully saturated rings. The van der Waals surface area contributed by atoms with Crippen LogP contribution in [0.4, 0.5) is 4.39 Å². The number of benzene rings is 1. The Bertz CT molecular complexity index is 1390. The average molecular weight is 477 g/mol. The number of hydrogen-bond donors (Lipinski definition) is 2. The highest BCUT2D eigenvalue weighted by Crippen LogP contribution is 2.48. The first-order valence-electron chi connectivity index (χ1n) is 11.8. The van der Waals surface area contributed by atoms with Crippen LogP contribution in [0.25, 0.3) is 10.9 Å². The van der Waals surface area contributed by atoms with Crippen LogP contribution in [0, 0.1) is 18.7 Å². The van der Waals surface area contributed by atoms with E-state index in [4.69, 9.17) is 5.73 Å². The molecule has 3 aromatic rings. The molecule has 0 bridgehead atoms. The van der Waals surface area contributed by atoms with E-state index in [9.17, 15) is 18.8 Å². The monoisotopic (exact) mass is 476 g/mol. The summed E-state index contributed by atoms with van der Waals surface area (Å²) in [5.41, 5.74) is 7.44. The second-order valence-corrected chi connectivity index (χ2v) is 9.81. The van der Waals surface area contributed by atoms with E-state index in [1.165, 1.54) is 10.7 Å². The summed E-state index contributed by atoms with van der Waals surface area (Å²) in [7, 11) is 0. The van der Waals surface area contributed by atoms with Gasteiger partial charge in [0.05, 0.1) is 11.7 Å². The van der Waals surface area contributed by atoms with Crippen molar-refractivity contribution in [2.24, 2.45) is 11.7 Å². The molecule has 3 aliphatic rings. The maximum Gasteiger partial charge on any atom is 0.269 e. The van der Waals surface area contributed by atoms with E-state index in [-0.39, 0.29) is 47.9 Å². The molecule has 1 unspecified atom stereocenters. The van der Waals surface area contributed by atoms with Gasteiger partial charge in [0, 0.05) is 29.1 Å². The fourth-order valence-corrected chi connectivity index (χ4v) is 5.49. The van der Waals surface area contributed by atoms with Crippen LogP contribution in [0.5, 0.6) is 0 Å². The van der Waals surface area contributed by atoms with E-state index in [1.54, 1.807) is 42.3 Å². The number of fused-ring (bicyclic) bond motifs is 2. The van der Waals surface area contributed by atoms with Gasteiger partial charge in [0.1, 0.15) is 18.4 Å². The number of carbonyl (C=O) groups excluding carboxylic acids is 3. The molecule has 0 radical (unpaired) electrons. The van der Waals surface area contributed by atoms with Gasteiger partial charge in [-0.3, -0.25) is 24.0 Å². The van der Waals surface area contributed by atoms with Crippen LogP contribution in [-0.4, -0.2) is 55.5 Å². The number of hydrogen-bond acceptors (Lipinski definition) is 5. The number of halogens is 1. The second kappa shape index (κ2) is 7.86. The molecule has 1 aromatic carbocycles. The summed E-state index contributed by atoms with van der Waals surface area (Å²) in [5.74, 6) is -1.11. The third kappa shape index (κ3) is 3.73. The molecule has 10 heteroatoms. The number of rotatable bonds is 6. The summed E-state index contributed by atoms with van der Waals surface area (Å²) in [6.45, 7) is 1.67. The predicted octanol–water partition coefficient (Wildman–Crippen LogP) is 1.64. The molecule has 3 heterocycles. The van der Waals surface area contributed by atoms with Crippen molar-refractivity contribution in [2.45, 2.75) is 56.8 Å². The molecule has 2 saturated carbocycles. The molecule has 6 rings (SSSR count). The molecular weight excluding hydrogens is 451 g/mol. The highest BCUT2D eigenvalue weighted by atomic mass is 19.1. The van der Waals surface area contributed by atoms with Gasteiger partial charge < -0.3 is 16.0 Å². The third-order valence-corrected chi connectivity index (χ3v) is 7.41. The summed E-state index contributed by atoms with van der Waals surface area (Å²) in [6.07, 6.45) is 3.75. The predicted molar refractivity (Wildman–Crippen MR) is 124 cm³/mol. The standard InChI is InChI=1S/C25H25FN6O3/c1-12-6-16-21(10-28-12)31(30-23(16)24(27)34)11-22(33)32-19-7-13(19)8-20(32)25(35)29-18-9-15(18)14-4-2-3-5-17(14)26/h2-6,10,13,15,18-20H,7-9,11H2,1H3,(H2,27,34)(H,29,35)/t13-,15+,18-,19?,20+/m1/s1. The number of aryl methyl sites for hydroxylation is 1. The molecular formula is C25H25FN6O3. The first-order valence-corrected chi connectivity index (χ1v) is 11.8. The summed E-state index contributed by atoms with van der Waals surface area (Å²) >= 11 is 0. The normalized spacial score (nSPS) is 26.5. The molecule has 2 aliphatic carbocycles. The van der Waals surface area contributed by atoms with E-state index in [0.29, 0.717) is 40.9 Å². The maximum atomic E-state index is 14.1. The molecule has 1 saturated heterocycles. The number of amides is 3. The van der Waals surface area contributed by atoms with Gasteiger partial charge in [-0.25, -0.2) is 4.39 Å². The van der Waals surface area contributed by atoms with Gasteiger partial charge in [-0.05, 0) is 49.8 Å². The Hall–Kier alpha value is -3.82. The SMILES string of the molecule is Cc1cc2c(C(N)=O)nn(CC(=O)N3C4C[C@@H]4C[C@H]3C(=O)N[C@@H]3C[C@H]3c3ccccc3F)c2cn1. The van der Waals surface area contributed by atoms with Gasteiger partial charge >= 0.3 is 0 Å². The Morgan fingerprint density at radius 1 is 1.20 bits per heavy atom. The fourth-order valence-electron chi connectivity index (χ4n) is 5.49.